The summed E-state index contributed by atoms with van der Waals surface area (Å²) in [5, 5.41) is 0. The monoisotopic (exact) mass is 400 g/mol. The van der Waals surface area contributed by atoms with E-state index in [9.17, 15) is 13.2 Å². The Morgan fingerprint density at radius 2 is 1.89 bits per heavy atom. The molecule has 2 aromatic carbocycles. The largest absolute Gasteiger partial charge is 0.313 e. The molecule has 1 aromatic heterocycles. The zero-order chi connectivity index (χ0) is 19.4. The first-order chi connectivity index (χ1) is 12.9. The molecule has 0 fully saturated rings. The van der Waals surface area contributed by atoms with E-state index in [4.69, 9.17) is 0 Å². The van der Waals surface area contributed by atoms with Crippen LogP contribution in [-0.4, -0.2) is 24.6 Å². The smallest absolute Gasteiger partial charge is 0.252 e. The number of benzene rings is 2. The summed E-state index contributed by atoms with van der Waals surface area (Å²) >= 11 is 1.46. The van der Waals surface area contributed by atoms with Crippen molar-refractivity contribution in [2.24, 2.45) is 4.99 Å². The third-order valence-electron chi connectivity index (χ3n) is 4.14. The second-order valence-electron chi connectivity index (χ2n) is 5.98. The van der Waals surface area contributed by atoms with Gasteiger partial charge in [-0.3, -0.25) is 4.79 Å². The van der Waals surface area contributed by atoms with Gasteiger partial charge in [0.05, 0.1) is 27.3 Å². The predicted molar refractivity (Wildman–Crippen MR) is 108 cm³/mol. The molecule has 0 aliphatic rings. The zero-order valence-electron chi connectivity index (χ0n) is 15.0. The van der Waals surface area contributed by atoms with Crippen molar-refractivity contribution in [3.63, 3.8) is 0 Å². The number of hydrogen-bond acceptors (Lipinski definition) is 4. The molecule has 3 rings (SSSR count). The molecule has 140 valence electrons. The molecule has 1 amide bonds. The van der Waals surface area contributed by atoms with Gasteiger partial charge in [0.25, 0.3) is 5.91 Å². The Kier molecular flexibility index (Phi) is 5.72. The highest BCUT2D eigenvalue weighted by Gasteiger charge is 2.12. The van der Waals surface area contributed by atoms with Crippen LogP contribution in [0.4, 0.5) is 0 Å². The van der Waals surface area contributed by atoms with E-state index in [0.717, 1.165) is 15.8 Å². The zero-order valence-corrected chi connectivity index (χ0v) is 16.6. The summed E-state index contributed by atoms with van der Waals surface area (Å²) in [4.78, 5) is 17.6. The molecule has 5 nitrogen and oxygen atoms in total. The summed E-state index contributed by atoms with van der Waals surface area (Å²) in [5.41, 5.74) is 1.75. The fraction of sp³-hybridized carbons (Fsp3) is 0.200. The second kappa shape index (κ2) is 8.02. The molecular formula is C20H20N2O3S2. The first-order valence-electron chi connectivity index (χ1n) is 8.53. The minimum atomic E-state index is -3.24. The van der Waals surface area contributed by atoms with Gasteiger partial charge in [-0.25, -0.2) is 8.42 Å². The van der Waals surface area contributed by atoms with Gasteiger partial charge in [0, 0.05) is 6.54 Å². The van der Waals surface area contributed by atoms with Gasteiger partial charge in [-0.05, 0) is 29.8 Å². The molecule has 0 saturated carbocycles. The van der Waals surface area contributed by atoms with Crippen molar-refractivity contribution in [2.45, 2.75) is 24.8 Å². The van der Waals surface area contributed by atoms with Crippen molar-refractivity contribution in [3.8, 4) is 0 Å². The number of nitrogens with zero attached hydrogens (tertiary/aromatic N) is 2. The van der Waals surface area contributed by atoms with E-state index in [-0.39, 0.29) is 23.0 Å². The van der Waals surface area contributed by atoms with Crippen LogP contribution in [0.25, 0.3) is 10.2 Å². The molecule has 0 unspecified atom stereocenters. The highest BCUT2D eigenvalue weighted by atomic mass is 32.2. The molecule has 0 saturated heterocycles. The number of rotatable bonds is 6. The number of hydrogen-bond donors (Lipinski definition) is 0. The summed E-state index contributed by atoms with van der Waals surface area (Å²) in [7, 11) is -3.24. The Hall–Kier alpha value is -2.51. The van der Waals surface area contributed by atoms with Gasteiger partial charge in [0.15, 0.2) is 14.6 Å². The van der Waals surface area contributed by atoms with Crippen molar-refractivity contribution in [3.05, 3.63) is 71.6 Å². The maximum atomic E-state index is 12.4. The SMILES string of the molecule is C=CCn1c(=NC(=O)Cc2ccc(S(=O)(=O)CC)cc2)sc2ccccc21. The lowest BCUT2D eigenvalue weighted by atomic mass is 10.1. The van der Waals surface area contributed by atoms with Crippen LogP contribution in [0.2, 0.25) is 0 Å². The van der Waals surface area contributed by atoms with Crippen LogP contribution in [0, 0.1) is 0 Å². The minimum Gasteiger partial charge on any atom is -0.313 e. The molecule has 0 radical (unpaired) electrons. The van der Waals surface area contributed by atoms with Crippen LogP contribution < -0.4 is 4.80 Å². The third kappa shape index (κ3) is 4.26. The number of carbonyl (C=O) groups excluding carboxylic acids is 1. The normalized spacial score (nSPS) is 12.4. The van der Waals surface area contributed by atoms with E-state index in [1.54, 1.807) is 37.3 Å². The average molecular weight is 401 g/mol. The highest BCUT2D eigenvalue weighted by Crippen LogP contribution is 2.17. The van der Waals surface area contributed by atoms with Gasteiger partial charge in [-0.15, -0.1) is 6.58 Å². The Balaban J connectivity index is 1.88. The van der Waals surface area contributed by atoms with Crippen LogP contribution in [0.3, 0.4) is 0 Å². The molecule has 0 aliphatic heterocycles. The van der Waals surface area contributed by atoms with Crippen molar-refractivity contribution < 1.29 is 13.2 Å². The van der Waals surface area contributed by atoms with Crippen LogP contribution in [0.5, 0.6) is 0 Å². The third-order valence-corrected chi connectivity index (χ3v) is 6.95. The first kappa shape index (κ1) is 19.3. The summed E-state index contributed by atoms with van der Waals surface area (Å²) < 4.78 is 26.7. The molecule has 1 heterocycles. The Morgan fingerprint density at radius 1 is 1.19 bits per heavy atom. The van der Waals surface area contributed by atoms with Crippen molar-refractivity contribution in [1.82, 2.24) is 4.57 Å². The lowest BCUT2D eigenvalue weighted by Crippen LogP contribution is -2.16. The van der Waals surface area contributed by atoms with E-state index in [2.05, 4.69) is 11.6 Å². The van der Waals surface area contributed by atoms with Gasteiger partial charge in [-0.1, -0.05) is 48.6 Å². The predicted octanol–water partition coefficient (Wildman–Crippen LogP) is 3.35. The molecule has 0 bridgehead atoms. The van der Waals surface area contributed by atoms with Gasteiger partial charge in [0.1, 0.15) is 0 Å². The fourth-order valence-corrected chi connectivity index (χ4v) is 4.65. The number of aromatic nitrogens is 1. The first-order valence-corrected chi connectivity index (χ1v) is 11.0. The number of fused-ring (bicyclic) bond motifs is 1. The minimum absolute atomic E-state index is 0.0514. The Labute approximate surface area is 162 Å². The Bertz CT molecular complexity index is 1150. The van der Waals surface area contributed by atoms with Gasteiger partial charge < -0.3 is 4.57 Å². The van der Waals surface area contributed by atoms with Crippen molar-refractivity contribution in [1.29, 1.82) is 0 Å². The lowest BCUT2D eigenvalue weighted by Gasteiger charge is -2.03. The molecule has 3 aromatic rings. The Morgan fingerprint density at radius 3 is 2.56 bits per heavy atom. The highest BCUT2D eigenvalue weighted by molar-refractivity contribution is 7.91. The molecule has 0 spiro atoms. The van der Waals surface area contributed by atoms with Crippen LogP contribution in [0.15, 0.2) is 71.1 Å². The number of thiazole rings is 1. The quantitative estimate of drug-likeness (QED) is 0.596. The second-order valence-corrected chi connectivity index (χ2v) is 9.27. The van der Waals surface area contributed by atoms with Crippen molar-refractivity contribution in [2.75, 3.05) is 5.75 Å². The van der Waals surface area contributed by atoms with E-state index in [1.165, 1.54) is 11.3 Å². The number of carbonyl (C=O) groups is 1. The summed E-state index contributed by atoms with van der Waals surface area (Å²) in [6.07, 6.45) is 1.89. The fourth-order valence-electron chi connectivity index (χ4n) is 2.71. The molecule has 0 atom stereocenters. The van der Waals surface area contributed by atoms with E-state index in [0.29, 0.717) is 11.3 Å². The summed E-state index contributed by atoms with van der Waals surface area (Å²) in [5.74, 6) is -0.221. The maximum absolute atomic E-state index is 12.4. The van der Waals surface area contributed by atoms with Crippen LogP contribution in [-0.2, 0) is 27.6 Å². The lowest BCUT2D eigenvalue weighted by molar-refractivity contribution is -0.117. The van der Waals surface area contributed by atoms with Gasteiger partial charge >= 0.3 is 0 Å². The van der Waals surface area contributed by atoms with Crippen LogP contribution >= 0.6 is 11.3 Å². The van der Waals surface area contributed by atoms with Crippen molar-refractivity contribution >= 4 is 37.3 Å². The maximum Gasteiger partial charge on any atom is 0.252 e. The average Bonchev–Trinajstić information content (AvgIpc) is 3.00. The van der Waals surface area contributed by atoms with Gasteiger partial charge in [0.2, 0.25) is 0 Å². The molecule has 7 heteroatoms. The van der Waals surface area contributed by atoms with Gasteiger partial charge in [-0.2, -0.15) is 4.99 Å². The summed E-state index contributed by atoms with van der Waals surface area (Å²) in [6.45, 7) is 5.95. The number of amides is 1. The molecule has 0 N–H and O–H groups in total. The number of para-hydroxylation sites is 1. The topological polar surface area (TPSA) is 68.5 Å². The van der Waals surface area contributed by atoms with E-state index in [1.807, 2.05) is 28.8 Å². The molecule has 0 aliphatic carbocycles. The van der Waals surface area contributed by atoms with E-state index < -0.39 is 9.84 Å². The van der Waals surface area contributed by atoms with Crippen LogP contribution in [0.1, 0.15) is 12.5 Å². The number of sulfone groups is 1. The van der Waals surface area contributed by atoms with E-state index >= 15 is 0 Å². The summed E-state index contributed by atoms with van der Waals surface area (Å²) in [6, 6.07) is 14.3. The number of allylic oxidation sites excluding steroid dienone is 1. The molecule has 27 heavy (non-hydrogen) atoms. The standard InChI is InChI=1S/C20H20N2O3S2/c1-3-13-22-17-7-5-6-8-18(17)26-20(22)21-19(23)14-15-9-11-16(12-10-15)27(24,25)4-2/h3,5-12H,1,4,13-14H2,2H3. The molecular weight excluding hydrogens is 380 g/mol.